The molecule has 1 N–H and O–H groups in total. The summed E-state index contributed by atoms with van der Waals surface area (Å²) >= 11 is 0. The molecule has 1 amide bonds. The first kappa shape index (κ1) is 13.9. The van der Waals surface area contributed by atoms with E-state index in [0.29, 0.717) is 17.0 Å². The van der Waals surface area contributed by atoms with Crippen molar-refractivity contribution in [2.45, 2.75) is 46.1 Å². The number of amides is 1. The number of hydrogen-bond acceptors (Lipinski definition) is 2. The first-order valence-electron chi connectivity index (χ1n) is 6.87. The van der Waals surface area contributed by atoms with Gasteiger partial charge in [0, 0.05) is 11.6 Å². The van der Waals surface area contributed by atoms with E-state index in [1.807, 2.05) is 25.1 Å². The van der Waals surface area contributed by atoms with Gasteiger partial charge in [-0.2, -0.15) is 0 Å². The number of methoxy groups -OCH3 is 1. The highest BCUT2D eigenvalue weighted by Gasteiger charge is 2.31. The third-order valence-corrected chi connectivity index (χ3v) is 3.97. The van der Waals surface area contributed by atoms with Crippen LogP contribution in [0.2, 0.25) is 0 Å². The van der Waals surface area contributed by atoms with Gasteiger partial charge in [-0.3, -0.25) is 4.79 Å². The highest BCUT2D eigenvalue weighted by molar-refractivity contribution is 5.94. The van der Waals surface area contributed by atoms with Crippen molar-refractivity contribution in [3.63, 3.8) is 0 Å². The van der Waals surface area contributed by atoms with Gasteiger partial charge in [-0.25, -0.2) is 0 Å². The maximum Gasteiger partial charge on any atom is 0.251 e. The Morgan fingerprint density at radius 3 is 2.74 bits per heavy atom. The zero-order valence-electron chi connectivity index (χ0n) is 12.2. The molecule has 1 aromatic rings. The van der Waals surface area contributed by atoms with Gasteiger partial charge in [-0.1, -0.05) is 19.9 Å². The largest absolute Gasteiger partial charge is 0.496 e. The van der Waals surface area contributed by atoms with Crippen LogP contribution in [0.4, 0.5) is 0 Å². The summed E-state index contributed by atoms with van der Waals surface area (Å²) in [7, 11) is 1.63. The van der Waals surface area contributed by atoms with Gasteiger partial charge in [0.1, 0.15) is 5.75 Å². The summed E-state index contributed by atoms with van der Waals surface area (Å²) in [6.45, 7) is 6.49. The second-order valence-corrected chi connectivity index (χ2v) is 6.26. The van der Waals surface area contributed by atoms with Crippen LogP contribution in [0.3, 0.4) is 0 Å². The first-order chi connectivity index (χ1) is 8.91. The molecule has 0 aliphatic heterocycles. The lowest BCUT2D eigenvalue weighted by Gasteiger charge is -2.18. The lowest BCUT2D eigenvalue weighted by Crippen LogP contribution is -2.33. The van der Waals surface area contributed by atoms with E-state index in [-0.39, 0.29) is 5.91 Å². The molecule has 0 bridgehead atoms. The fourth-order valence-corrected chi connectivity index (χ4v) is 2.79. The van der Waals surface area contributed by atoms with Gasteiger partial charge in [0.15, 0.2) is 0 Å². The Morgan fingerprint density at radius 2 is 2.16 bits per heavy atom. The van der Waals surface area contributed by atoms with Crippen LogP contribution in [0.15, 0.2) is 18.2 Å². The summed E-state index contributed by atoms with van der Waals surface area (Å²) in [6, 6.07) is 5.89. The molecule has 2 rings (SSSR count). The van der Waals surface area contributed by atoms with Crippen LogP contribution in [-0.4, -0.2) is 19.1 Å². The van der Waals surface area contributed by atoms with Crippen molar-refractivity contribution in [2.24, 2.45) is 5.41 Å². The Kier molecular flexibility index (Phi) is 3.83. The second-order valence-electron chi connectivity index (χ2n) is 6.26. The molecule has 1 aliphatic rings. The second kappa shape index (κ2) is 5.24. The van der Waals surface area contributed by atoms with E-state index < -0.39 is 0 Å². The average molecular weight is 261 g/mol. The highest BCUT2D eigenvalue weighted by atomic mass is 16.5. The quantitative estimate of drug-likeness (QED) is 0.906. The van der Waals surface area contributed by atoms with Crippen molar-refractivity contribution in [3.8, 4) is 5.75 Å². The third kappa shape index (κ3) is 3.28. The summed E-state index contributed by atoms with van der Waals surface area (Å²) < 4.78 is 5.26. The van der Waals surface area contributed by atoms with Gasteiger partial charge in [-0.05, 0) is 49.3 Å². The molecule has 1 saturated carbocycles. The number of carbonyl (C=O) groups excluding carboxylic acids is 1. The summed E-state index contributed by atoms with van der Waals surface area (Å²) in [4.78, 5) is 12.2. The first-order valence-corrected chi connectivity index (χ1v) is 6.87. The maximum absolute atomic E-state index is 12.2. The van der Waals surface area contributed by atoms with E-state index >= 15 is 0 Å². The van der Waals surface area contributed by atoms with Crippen molar-refractivity contribution < 1.29 is 9.53 Å². The van der Waals surface area contributed by atoms with Gasteiger partial charge in [0.25, 0.3) is 5.91 Å². The molecular weight excluding hydrogens is 238 g/mol. The van der Waals surface area contributed by atoms with E-state index in [1.165, 1.54) is 6.42 Å². The van der Waals surface area contributed by atoms with E-state index in [4.69, 9.17) is 4.74 Å². The summed E-state index contributed by atoms with van der Waals surface area (Å²) in [6.07, 6.45) is 3.30. The topological polar surface area (TPSA) is 38.3 Å². The van der Waals surface area contributed by atoms with Gasteiger partial charge in [0.2, 0.25) is 0 Å². The van der Waals surface area contributed by atoms with Crippen molar-refractivity contribution in [3.05, 3.63) is 29.3 Å². The number of carbonyl (C=O) groups is 1. The van der Waals surface area contributed by atoms with E-state index in [1.54, 1.807) is 7.11 Å². The zero-order chi connectivity index (χ0) is 14.0. The molecule has 19 heavy (non-hydrogen) atoms. The Balaban J connectivity index is 2.04. The molecule has 1 aromatic carbocycles. The van der Waals surface area contributed by atoms with Crippen LogP contribution in [0.1, 0.15) is 49.0 Å². The predicted molar refractivity (Wildman–Crippen MR) is 76.6 cm³/mol. The van der Waals surface area contributed by atoms with Gasteiger partial charge in [-0.15, -0.1) is 0 Å². The molecule has 0 spiro atoms. The van der Waals surface area contributed by atoms with Crippen molar-refractivity contribution in [2.75, 3.05) is 7.11 Å². The van der Waals surface area contributed by atoms with E-state index in [2.05, 4.69) is 19.2 Å². The van der Waals surface area contributed by atoms with Crippen LogP contribution in [-0.2, 0) is 0 Å². The molecule has 0 radical (unpaired) electrons. The average Bonchev–Trinajstić information content (AvgIpc) is 2.69. The third-order valence-electron chi connectivity index (χ3n) is 3.97. The minimum atomic E-state index is 0.000926. The fourth-order valence-electron chi connectivity index (χ4n) is 2.79. The molecule has 1 fully saturated rings. The van der Waals surface area contributed by atoms with Gasteiger partial charge < -0.3 is 10.1 Å². The number of benzene rings is 1. The Bertz CT molecular complexity index is 480. The molecule has 3 nitrogen and oxygen atoms in total. The molecule has 0 saturated heterocycles. The van der Waals surface area contributed by atoms with Crippen molar-refractivity contribution in [1.82, 2.24) is 5.32 Å². The van der Waals surface area contributed by atoms with Gasteiger partial charge >= 0.3 is 0 Å². The summed E-state index contributed by atoms with van der Waals surface area (Å²) in [5.74, 6) is 0.764. The molecule has 1 unspecified atom stereocenters. The minimum absolute atomic E-state index is 0.000926. The normalized spacial score (nSPS) is 21.2. The summed E-state index contributed by atoms with van der Waals surface area (Å²) in [5.41, 5.74) is 2.07. The van der Waals surface area contributed by atoms with Crippen LogP contribution in [0, 0.1) is 12.3 Å². The Labute approximate surface area is 115 Å². The molecule has 3 heteroatoms. The number of nitrogens with one attached hydrogen (secondary N) is 1. The SMILES string of the molecule is COc1cc(C(=O)NC2CCC(C)(C)C2)ccc1C. The number of aryl methyl sites for hydroxylation is 1. The smallest absolute Gasteiger partial charge is 0.251 e. The van der Waals surface area contributed by atoms with Crippen LogP contribution < -0.4 is 10.1 Å². The molecule has 1 aliphatic carbocycles. The monoisotopic (exact) mass is 261 g/mol. The minimum Gasteiger partial charge on any atom is -0.496 e. The van der Waals surface area contributed by atoms with Crippen LogP contribution in [0.5, 0.6) is 5.75 Å². The maximum atomic E-state index is 12.2. The fraction of sp³-hybridized carbons (Fsp3) is 0.562. The zero-order valence-corrected chi connectivity index (χ0v) is 12.2. The standard InChI is InChI=1S/C16H23NO2/c1-11-5-6-12(9-14(11)19-4)15(18)17-13-7-8-16(2,3)10-13/h5-6,9,13H,7-8,10H2,1-4H3,(H,17,18). The number of ether oxygens (including phenoxy) is 1. The molecule has 0 aromatic heterocycles. The van der Waals surface area contributed by atoms with E-state index in [9.17, 15) is 4.79 Å². The van der Waals surface area contributed by atoms with Crippen LogP contribution in [0.25, 0.3) is 0 Å². The lowest BCUT2D eigenvalue weighted by molar-refractivity contribution is 0.0935. The Hall–Kier alpha value is -1.51. The highest BCUT2D eigenvalue weighted by Crippen LogP contribution is 2.37. The van der Waals surface area contributed by atoms with E-state index in [0.717, 1.165) is 24.2 Å². The van der Waals surface area contributed by atoms with Crippen LogP contribution >= 0.6 is 0 Å². The lowest BCUT2D eigenvalue weighted by atomic mass is 9.92. The Morgan fingerprint density at radius 1 is 1.42 bits per heavy atom. The number of hydrogen-bond donors (Lipinski definition) is 1. The molecule has 1 atom stereocenters. The molecule has 0 heterocycles. The number of rotatable bonds is 3. The molecule has 104 valence electrons. The van der Waals surface area contributed by atoms with Crippen molar-refractivity contribution >= 4 is 5.91 Å². The predicted octanol–water partition coefficient (Wildman–Crippen LogP) is 3.31. The van der Waals surface area contributed by atoms with Gasteiger partial charge in [0.05, 0.1) is 7.11 Å². The molecular formula is C16H23NO2. The van der Waals surface area contributed by atoms with Crippen molar-refractivity contribution in [1.29, 1.82) is 0 Å². The summed E-state index contributed by atoms with van der Waals surface area (Å²) in [5, 5.41) is 3.13.